The molecule has 0 spiro atoms. The number of rotatable bonds is 2. The first-order valence-corrected chi connectivity index (χ1v) is 5.72. The van der Waals surface area contributed by atoms with Crippen LogP contribution in [0.4, 0.5) is 0 Å². The Hall–Kier alpha value is -0.570. The smallest absolute Gasteiger partial charge is 0.224 e. The second-order valence-corrected chi connectivity index (χ2v) is 4.98. The van der Waals surface area contributed by atoms with E-state index < -0.39 is 0 Å². The van der Waals surface area contributed by atoms with Gasteiger partial charge in [-0.3, -0.25) is 4.79 Å². The normalized spacial score (nSPS) is 41.9. The predicted octanol–water partition coefficient (Wildman–Crippen LogP) is 1.03. The number of carbonyl (C=O) groups excluding carboxylic acids is 1. The van der Waals surface area contributed by atoms with E-state index in [1.165, 1.54) is 12.8 Å². The van der Waals surface area contributed by atoms with Crippen LogP contribution in [0.1, 0.15) is 39.0 Å². The Morgan fingerprint density at radius 1 is 1.36 bits per heavy atom. The molecular weight excluding hydrogens is 176 g/mol. The third kappa shape index (κ3) is 2.27. The van der Waals surface area contributed by atoms with Crippen LogP contribution in [-0.2, 0) is 4.79 Å². The van der Waals surface area contributed by atoms with Gasteiger partial charge < -0.3 is 11.1 Å². The number of amides is 1. The lowest BCUT2D eigenvalue weighted by molar-refractivity contribution is -0.123. The van der Waals surface area contributed by atoms with E-state index in [2.05, 4.69) is 12.2 Å². The Kier molecular flexibility index (Phi) is 2.77. The van der Waals surface area contributed by atoms with Gasteiger partial charge in [0, 0.05) is 12.1 Å². The molecule has 0 saturated heterocycles. The van der Waals surface area contributed by atoms with E-state index in [4.69, 9.17) is 5.73 Å². The van der Waals surface area contributed by atoms with Crippen molar-refractivity contribution >= 4 is 5.91 Å². The molecule has 0 radical (unpaired) electrons. The Bertz CT molecular complexity index is 229. The van der Waals surface area contributed by atoms with Gasteiger partial charge in [0.05, 0.1) is 5.92 Å². The molecule has 0 aromatic rings. The Morgan fingerprint density at radius 3 is 2.64 bits per heavy atom. The maximum atomic E-state index is 11.6. The minimum Gasteiger partial charge on any atom is -0.353 e. The summed E-state index contributed by atoms with van der Waals surface area (Å²) in [4.78, 5) is 11.6. The van der Waals surface area contributed by atoms with E-state index in [1.54, 1.807) is 0 Å². The molecule has 3 heteroatoms. The maximum Gasteiger partial charge on any atom is 0.224 e. The minimum absolute atomic E-state index is 0.118. The van der Waals surface area contributed by atoms with Gasteiger partial charge in [0.15, 0.2) is 0 Å². The van der Waals surface area contributed by atoms with Crippen molar-refractivity contribution in [2.24, 2.45) is 17.6 Å². The summed E-state index contributed by atoms with van der Waals surface area (Å²) in [5, 5.41) is 3.12. The van der Waals surface area contributed by atoms with E-state index in [0.29, 0.717) is 6.04 Å². The Balaban J connectivity index is 1.76. The van der Waals surface area contributed by atoms with Crippen LogP contribution in [0.25, 0.3) is 0 Å². The fraction of sp³-hybridized carbons (Fsp3) is 0.909. The molecule has 80 valence electrons. The summed E-state index contributed by atoms with van der Waals surface area (Å²) in [5.41, 5.74) is 5.64. The van der Waals surface area contributed by atoms with E-state index in [-0.39, 0.29) is 17.9 Å². The molecule has 2 saturated carbocycles. The Morgan fingerprint density at radius 2 is 2.07 bits per heavy atom. The van der Waals surface area contributed by atoms with Crippen molar-refractivity contribution in [1.82, 2.24) is 5.32 Å². The summed E-state index contributed by atoms with van der Waals surface area (Å²) in [6, 6.07) is 0.551. The summed E-state index contributed by atoms with van der Waals surface area (Å²) in [6.45, 7) is 2.27. The quantitative estimate of drug-likeness (QED) is 0.693. The second kappa shape index (κ2) is 3.89. The molecule has 4 unspecified atom stereocenters. The van der Waals surface area contributed by atoms with Crippen LogP contribution in [0.15, 0.2) is 0 Å². The highest BCUT2D eigenvalue weighted by atomic mass is 16.2. The van der Waals surface area contributed by atoms with Crippen molar-refractivity contribution in [3.05, 3.63) is 0 Å². The fourth-order valence-corrected chi connectivity index (χ4v) is 2.39. The average Bonchev–Trinajstić information content (AvgIpc) is 2.82. The molecule has 4 atom stereocenters. The molecule has 0 aliphatic heterocycles. The molecule has 0 aromatic heterocycles. The van der Waals surface area contributed by atoms with Crippen LogP contribution in [0.5, 0.6) is 0 Å². The molecule has 2 fully saturated rings. The van der Waals surface area contributed by atoms with Crippen molar-refractivity contribution in [1.29, 1.82) is 0 Å². The average molecular weight is 196 g/mol. The zero-order chi connectivity index (χ0) is 10.1. The lowest BCUT2D eigenvalue weighted by Crippen LogP contribution is -2.39. The SMILES string of the molecule is CC1CCCC(NC(=O)C2CC2N)C1. The molecule has 2 aliphatic carbocycles. The summed E-state index contributed by atoms with van der Waals surface area (Å²) in [7, 11) is 0. The first kappa shape index (κ1) is 9.97. The van der Waals surface area contributed by atoms with Gasteiger partial charge in [-0.1, -0.05) is 19.8 Å². The zero-order valence-corrected chi connectivity index (χ0v) is 8.83. The zero-order valence-electron chi connectivity index (χ0n) is 8.83. The summed E-state index contributed by atoms with van der Waals surface area (Å²) < 4.78 is 0. The van der Waals surface area contributed by atoms with Gasteiger partial charge in [0.25, 0.3) is 0 Å². The van der Waals surface area contributed by atoms with Gasteiger partial charge >= 0.3 is 0 Å². The van der Waals surface area contributed by atoms with Gasteiger partial charge in [0.2, 0.25) is 5.91 Å². The number of hydrogen-bond acceptors (Lipinski definition) is 2. The molecule has 3 N–H and O–H groups in total. The first-order valence-electron chi connectivity index (χ1n) is 5.72. The van der Waals surface area contributed by atoms with Crippen LogP contribution < -0.4 is 11.1 Å². The van der Waals surface area contributed by atoms with E-state index >= 15 is 0 Å². The lowest BCUT2D eigenvalue weighted by Gasteiger charge is -2.27. The summed E-state index contributed by atoms with van der Waals surface area (Å²) in [6.07, 6.45) is 5.75. The van der Waals surface area contributed by atoms with Crippen molar-refractivity contribution in [2.45, 2.75) is 51.1 Å². The first-order chi connectivity index (χ1) is 6.66. The molecule has 0 aromatic carbocycles. The van der Waals surface area contributed by atoms with Crippen LogP contribution in [0.2, 0.25) is 0 Å². The largest absolute Gasteiger partial charge is 0.353 e. The summed E-state index contributed by atoms with van der Waals surface area (Å²) in [5.74, 6) is 1.07. The number of carbonyl (C=O) groups is 1. The van der Waals surface area contributed by atoms with Crippen molar-refractivity contribution in [3.8, 4) is 0 Å². The molecule has 0 bridgehead atoms. The van der Waals surface area contributed by atoms with E-state index in [0.717, 1.165) is 25.2 Å². The highest BCUT2D eigenvalue weighted by Crippen LogP contribution is 2.29. The minimum atomic E-state index is 0.118. The molecule has 14 heavy (non-hydrogen) atoms. The number of nitrogens with two attached hydrogens (primary N) is 1. The highest BCUT2D eigenvalue weighted by Gasteiger charge is 2.40. The van der Waals surface area contributed by atoms with Gasteiger partial charge in [0.1, 0.15) is 0 Å². The number of nitrogens with one attached hydrogen (secondary N) is 1. The standard InChI is InChI=1S/C11H20N2O/c1-7-3-2-4-8(5-7)13-11(14)9-6-10(9)12/h7-10H,2-6,12H2,1H3,(H,13,14). The van der Waals surface area contributed by atoms with Crippen molar-refractivity contribution in [2.75, 3.05) is 0 Å². The van der Waals surface area contributed by atoms with Gasteiger partial charge in [-0.05, 0) is 25.2 Å². The monoisotopic (exact) mass is 196 g/mol. The molecule has 0 heterocycles. The molecule has 2 aliphatic rings. The van der Waals surface area contributed by atoms with Crippen LogP contribution in [-0.4, -0.2) is 18.0 Å². The highest BCUT2D eigenvalue weighted by molar-refractivity contribution is 5.82. The van der Waals surface area contributed by atoms with E-state index in [9.17, 15) is 4.79 Å². The molecule has 1 amide bonds. The van der Waals surface area contributed by atoms with Gasteiger partial charge in [-0.2, -0.15) is 0 Å². The van der Waals surface area contributed by atoms with Crippen LogP contribution in [0.3, 0.4) is 0 Å². The molecule has 3 nitrogen and oxygen atoms in total. The third-order valence-corrected chi connectivity index (χ3v) is 3.46. The maximum absolute atomic E-state index is 11.6. The fourth-order valence-electron chi connectivity index (χ4n) is 2.39. The number of hydrogen-bond donors (Lipinski definition) is 2. The van der Waals surface area contributed by atoms with Crippen molar-refractivity contribution in [3.63, 3.8) is 0 Å². The van der Waals surface area contributed by atoms with Crippen LogP contribution >= 0.6 is 0 Å². The topological polar surface area (TPSA) is 55.1 Å². The molecular formula is C11H20N2O. The van der Waals surface area contributed by atoms with E-state index in [1.807, 2.05) is 0 Å². The lowest BCUT2D eigenvalue weighted by atomic mass is 9.87. The Labute approximate surface area is 85.4 Å². The third-order valence-electron chi connectivity index (χ3n) is 3.46. The predicted molar refractivity (Wildman–Crippen MR) is 55.6 cm³/mol. The van der Waals surface area contributed by atoms with Crippen LogP contribution in [0, 0.1) is 11.8 Å². The van der Waals surface area contributed by atoms with Gasteiger partial charge in [-0.25, -0.2) is 0 Å². The summed E-state index contributed by atoms with van der Waals surface area (Å²) >= 11 is 0. The van der Waals surface area contributed by atoms with Crippen molar-refractivity contribution < 1.29 is 4.79 Å². The van der Waals surface area contributed by atoms with Gasteiger partial charge in [-0.15, -0.1) is 0 Å². The second-order valence-electron chi connectivity index (χ2n) is 4.98. The molecule has 2 rings (SSSR count).